The molecule has 2 N–H and O–H groups in total. The van der Waals surface area contributed by atoms with Gasteiger partial charge in [-0.05, 0) is 42.0 Å². The molecule has 4 rings (SSSR count). The Morgan fingerprint density at radius 3 is 2.50 bits per heavy atom. The molecule has 0 aliphatic carbocycles. The molecule has 1 fully saturated rings. The number of aliphatic imine (C=N–C) groups is 1. The van der Waals surface area contributed by atoms with Gasteiger partial charge in [0.2, 0.25) is 0 Å². The maximum Gasteiger partial charge on any atom is 0.251 e. The molecule has 0 saturated carbocycles. The fourth-order valence-electron chi connectivity index (χ4n) is 3.13. The number of hydrogen-bond donors (Lipinski definition) is 2. The Hall–Kier alpha value is -2.39. The predicted molar refractivity (Wildman–Crippen MR) is 109 cm³/mol. The van der Waals surface area contributed by atoms with E-state index in [4.69, 9.17) is 0 Å². The minimum atomic E-state index is -2.96. The first-order valence-corrected chi connectivity index (χ1v) is 11.4. The van der Waals surface area contributed by atoms with Gasteiger partial charge in [0.15, 0.2) is 15.0 Å². The van der Waals surface area contributed by atoms with Crippen LogP contribution < -0.4 is 10.6 Å². The molecule has 0 bridgehead atoms. The fourth-order valence-corrected chi connectivity index (χ4v) is 6.81. The maximum absolute atomic E-state index is 12.9. The molecule has 6 nitrogen and oxygen atoms in total. The van der Waals surface area contributed by atoms with Gasteiger partial charge >= 0.3 is 0 Å². The third-order valence-corrected chi connectivity index (χ3v) is 7.72. The molecule has 1 amide bonds. The lowest BCUT2D eigenvalue weighted by Crippen LogP contribution is -2.22. The van der Waals surface area contributed by atoms with E-state index < -0.39 is 9.84 Å². The van der Waals surface area contributed by atoms with Gasteiger partial charge in [0.1, 0.15) is 5.82 Å². The molecule has 2 atom stereocenters. The highest BCUT2D eigenvalue weighted by Crippen LogP contribution is 2.34. The summed E-state index contributed by atoms with van der Waals surface area (Å²) >= 11 is 1.45. The highest BCUT2D eigenvalue weighted by atomic mass is 32.2. The summed E-state index contributed by atoms with van der Waals surface area (Å²) in [4.78, 5) is 16.7. The van der Waals surface area contributed by atoms with E-state index in [0.29, 0.717) is 17.3 Å². The molecule has 0 aromatic heterocycles. The Labute approximate surface area is 166 Å². The summed E-state index contributed by atoms with van der Waals surface area (Å²) in [6, 6.07) is 12.8. The first-order chi connectivity index (χ1) is 13.4. The Balaban J connectivity index is 1.32. The smallest absolute Gasteiger partial charge is 0.251 e. The Morgan fingerprint density at radius 2 is 1.82 bits per heavy atom. The number of amidine groups is 1. The van der Waals surface area contributed by atoms with E-state index in [0.717, 1.165) is 11.3 Å². The number of rotatable bonds is 4. The van der Waals surface area contributed by atoms with Crippen LogP contribution in [0.5, 0.6) is 0 Å². The lowest BCUT2D eigenvalue weighted by Gasteiger charge is -2.09. The van der Waals surface area contributed by atoms with E-state index in [2.05, 4.69) is 15.6 Å². The third-order valence-electron chi connectivity index (χ3n) is 4.58. The van der Waals surface area contributed by atoms with Crippen molar-refractivity contribution in [1.29, 1.82) is 0 Å². The Kier molecular flexibility index (Phi) is 5.11. The number of carbonyl (C=O) groups is 1. The number of nitrogens with zero attached hydrogens (tertiary/aromatic N) is 1. The number of sulfone groups is 1. The molecular formula is C19H18FN3O3S2. The topological polar surface area (TPSA) is 87.6 Å². The van der Waals surface area contributed by atoms with E-state index in [1.807, 2.05) is 0 Å². The normalized spacial score (nSPS) is 22.4. The van der Waals surface area contributed by atoms with Crippen molar-refractivity contribution in [2.45, 2.75) is 17.8 Å². The second kappa shape index (κ2) is 7.56. The van der Waals surface area contributed by atoms with Crippen molar-refractivity contribution >= 4 is 38.4 Å². The second-order valence-corrected chi connectivity index (χ2v) is 10.1. The predicted octanol–water partition coefficient (Wildman–Crippen LogP) is 2.44. The summed E-state index contributed by atoms with van der Waals surface area (Å²) in [5.41, 5.74) is 2.11. The van der Waals surface area contributed by atoms with Crippen LogP contribution in [0, 0.1) is 5.82 Å². The monoisotopic (exact) mass is 419 g/mol. The van der Waals surface area contributed by atoms with Crippen LogP contribution >= 0.6 is 11.8 Å². The average Bonchev–Trinajstić information content (AvgIpc) is 3.14. The Morgan fingerprint density at radius 1 is 1.11 bits per heavy atom. The zero-order valence-electron chi connectivity index (χ0n) is 14.8. The number of carbonyl (C=O) groups excluding carboxylic acids is 1. The van der Waals surface area contributed by atoms with E-state index in [1.54, 1.807) is 36.4 Å². The van der Waals surface area contributed by atoms with Gasteiger partial charge in [0, 0.05) is 23.0 Å². The van der Waals surface area contributed by atoms with Gasteiger partial charge < -0.3 is 10.6 Å². The number of amides is 1. The first kappa shape index (κ1) is 18.9. The molecule has 0 spiro atoms. The molecule has 0 radical (unpaired) electrons. The van der Waals surface area contributed by atoms with Gasteiger partial charge in [-0.15, -0.1) is 0 Å². The van der Waals surface area contributed by atoms with Crippen LogP contribution in [-0.2, 0) is 16.4 Å². The summed E-state index contributed by atoms with van der Waals surface area (Å²) in [5.74, 6) is -0.246. The highest BCUT2D eigenvalue weighted by molar-refractivity contribution is 8.15. The molecule has 9 heteroatoms. The van der Waals surface area contributed by atoms with Crippen molar-refractivity contribution in [3.05, 3.63) is 65.5 Å². The van der Waals surface area contributed by atoms with E-state index in [1.165, 1.54) is 23.9 Å². The van der Waals surface area contributed by atoms with Crippen molar-refractivity contribution < 1.29 is 17.6 Å². The number of fused-ring (bicyclic) bond motifs is 1. The van der Waals surface area contributed by atoms with E-state index in [9.17, 15) is 17.6 Å². The SMILES string of the molecule is O=C(NCc1ccc(F)cc1)c1ccc(NC2=N[C@@H]3CS(=O)(=O)C[C@@H]3S2)cc1. The summed E-state index contributed by atoms with van der Waals surface area (Å²) in [7, 11) is -2.96. The van der Waals surface area contributed by atoms with Crippen LogP contribution in [0.3, 0.4) is 0 Å². The number of hydrogen-bond acceptors (Lipinski definition) is 6. The van der Waals surface area contributed by atoms with Crippen LogP contribution in [0.25, 0.3) is 0 Å². The lowest BCUT2D eigenvalue weighted by molar-refractivity contribution is 0.0951. The van der Waals surface area contributed by atoms with Crippen molar-refractivity contribution in [2.24, 2.45) is 4.99 Å². The van der Waals surface area contributed by atoms with Crippen LogP contribution in [-0.4, -0.2) is 42.3 Å². The van der Waals surface area contributed by atoms with Gasteiger partial charge in [-0.25, -0.2) is 12.8 Å². The van der Waals surface area contributed by atoms with Gasteiger partial charge in [-0.3, -0.25) is 9.79 Å². The Bertz CT molecular complexity index is 1020. The third kappa shape index (κ3) is 4.36. The minimum absolute atomic E-state index is 0.0102. The van der Waals surface area contributed by atoms with Crippen molar-refractivity contribution in [3.8, 4) is 0 Å². The lowest BCUT2D eigenvalue weighted by atomic mass is 10.1. The van der Waals surface area contributed by atoms with Crippen LogP contribution in [0.4, 0.5) is 10.1 Å². The second-order valence-electron chi connectivity index (χ2n) is 6.75. The molecule has 0 unspecified atom stereocenters. The van der Waals surface area contributed by atoms with Crippen molar-refractivity contribution in [2.75, 3.05) is 16.8 Å². The minimum Gasteiger partial charge on any atom is -0.348 e. The van der Waals surface area contributed by atoms with Crippen LogP contribution in [0.1, 0.15) is 15.9 Å². The summed E-state index contributed by atoms with van der Waals surface area (Å²) in [6.45, 7) is 0.318. The van der Waals surface area contributed by atoms with Crippen molar-refractivity contribution in [1.82, 2.24) is 5.32 Å². The molecule has 2 aromatic rings. The molecular weight excluding hydrogens is 401 g/mol. The number of nitrogens with one attached hydrogen (secondary N) is 2. The molecule has 2 aromatic carbocycles. The highest BCUT2D eigenvalue weighted by Gasteiger charge is 2.42. The summed E-state index contributed by atoms with van der Waals surface area (Å²) in [5, 5.41) is 6.67. The number of benzene rings is 2. The number of halogens is 1. The zero-order valence-corrected chi connectivity index (χ0v) is 16.4. The average molecular weight is 420 g/mol. The molecule has 2 aliphatic heterocycles. The van der Waals surface area contributed by atoms with Crippen LogP contribution in [0.2, 0.25) is 0 Å². The molecule has 146 valence electrons. The van der Waals surface area contributed by atoms with Gasteiger partial charge in [-0.1, -0.05) is 23.9 Å². The van der Waals surface area contributed by atoms with Gasteiger partial charge in [-0.2, -0.15) is 0 Å². The number of anilines is 1. The summed E-state index contributed by atoms with van der Waals surface area (Å²) in [6.07, 6.45) is 0. The zero-order chi connectivity index (χ0) is 19.7. The van der Waals surface area contributed by atoms with E-state index in [-0.39, 0.29) is 34.5 Å². The molecule has 28 heavy (non-hydrogen) atoms. The van der Waals surface area contributed by atoms with Crippen LogP contribution in [0.15, 0.2) is 53.5 Å². The standard InChI is InChI=1S/C19H18FN3O3S2/c20-14-5-1-12(2-6-14)9-21-18(24)13-3-7-15(8-4-13)22-19-23-16-10-28(25,26)11-17(16)27-19/h1-8,16-17H,9-11H2,(H,21,24)(H,22,23)/t16-,17+/m1/s1. The van der Waals surface area contributed by atoms with E-state index >= 15 is 0 Å². The largest absolute Gasteiger partial charge is 0.348 e. The van der Waals surface area contributed by atoms with Gasteiger partial charge in [0.05, 0.1) is 17.5 Å². The first-order valence-electron chi connectivity index (χ1n) is 8.73. The number of thioether (sulfide) groups is 1. The quantitative estimate of drug-likeness (QED) is 0.795. The maximum atomic E-state index is 12.9. The van der Waals surface area contributed by atoms with Crippen molar-refractivity contribution in [3.63, 3.8) is 0 Å². The molecule has 2 heterocycles. The fraction of sp³-hybridized carbons (Fsp3) is 0.263. The summed E-state index contributed by atoms with van der Waals surface area (Å²) < 4.78 is 36.1. The van der Waals surface area contributed by atoms with Gasteiger partial charge in [0.25, 0.3) is 5.91 Å². The molecule has 2 aliphatic rings. The molecule has 1 saturated heterocycles.